The summed E-state index contributed by atoms with van der Waals surface area (Å²) in [6, 6.07) is 23.9. The lowest BCUT2D eigenvalue weighted by Crippen LogP contribution is -2.30. The lowest BCUT2D eigenvalue weighted by molar-refractivity contribution is 0.0723. The maximum Gasteiger partial charge on any atom is 0.210 e. The van der Waals surface area contributed by atoms with E-state index in [1.54, 1.807) is 0 Å². The van der Waals surface area contributed by atoms with Gasteiger partial charge in [0.1, 0.15) is 5.69 Å². The number of hydrogen-bond donors (Lipinski definition) is 3. The summed E-state index contributed by atoms with van der Waals surface area (Å²) in [6.07, 6.45) is 4.51. The van der Waals surface area contributed by atoms with Crippen LogP contribution in [0.5, 0.6) is 5.75 Å². The minimum Gasteiger partial charge on any atom is -0.494 e. The van der Waals surface area contributed by atoms with Crippen LogP contribution in [-0.4, -0.2) is 34.3 Å². The summed E-state index contributed by atoms with van der Waals surface area (Å²) in [5.74, 6) is 0.720. The fourth-order valence-corrected chi connectivity index (χ4v) is 6.06. The number of aliphatic hydroxyl groups is 2. The van der Waals surface area contributed by atoms with Crippen molar-refractivity contribution in [3.05, 3.63) is 95.1 Å². The van der Waals surface area contributed by atoms with Crippen LogP contribution in [-0.2, 0) is 6.42 Å². The van der Waals surface area contributed by atoms with Gasteiger partial charge in [0.2, 0.25) is 5.78 Å². The molecule has 5 rings (SSSR count). The summed E-state index contributed by atoms with van der Waals surface area (Å²) in [5, 5.41) is 21.3. The van der Waals surface area contributed by atoms with Gasteiger partial charge in [0, 0.05) is 10.9 Å². The number of nitrogens with two attached hydrogens (primary N) is 1. The average molecular weight is 539 g/mol. The zero-order valence-electron chi connectivity index (χ0n) is 23.2. The predicted octanol–water partition coefficient (Wildman–Crippen LogP) is 6.15. The van der Waals surface area contributed by atoms with E-state index >= 15 is 0 Å². The number of methoxy groups -OCH3 is 1. The first-order valence-corrected chi connectivity index (χ1v) is 14.1. The van der Waals surface area contributed by atoms with Crippen LogP contribution in [0.15, 0.2) is 72.8 Å². The number of ether oxygens (including phenoxy) is 1. The van der Waals surface area contributed by atoms with Crippen LogP contribution in [0, 0.1) is 18.8 Å². The number of pyridine rings is 1. The molecule has 4 N–H and O–H groups in total. The van der Waals surface area contributed by atoms with Crippen LogP contribution in [0.3, 0.4) is 0 Å². The van der Waals surface area contributed by atoms with Gasteiger partial charge in [0.25, 0.3) is 0 Å². The second kappa shape index (κ2) is 12.3. The number of Topliss-reactive ketones (excluding diaryl/α,β-unsaturated/α-hetero) is 1. The van der Waals surface area contributed by atoms with Crippen molar-refractivity contribution >= 4 is 16.7 Å². The van der Waals surface area contributed by atoms with Crippen LogP contribution in [0.4, 0.5) is 0 Å². The minimum atomic E-state index is -1.65. The maximum atomic E-state index is 13.0. The molecule has 0 bridgehead atoms. The van der Waals surface area contributed by atoms with Crippen LogP contribution in [0.25, 0.3) is 22.2 Å². The molecule has 1 fully saturated rings. The van der Waals surface area contributed by atoms with Crippen LogP contribution in [0.2, 0.25) is 0 Å². The van der Waals surface area contributed by atoms with Gasteiger partial charge in [-0.1, -0.05) is 79.1 Å². The lowest BCUT2D eigenvalue weighted by atomic mass is 9.76. The summed E-state index contributed by atoms with van der Waals surface area (Å²) in [7, 11) is 1.50. The number of aromatic nitrogens is 1. The zero-order valence-corrected chi connectivity index (χ0v) is 23.2. The molecule has 1 heterocycles. The molecule has 208 valence electrons. The summed E-state index contributed by atoms with van der Waals surface area (Å²) in [4.78, 5) is 17.8. The Morgan fingerprint density at radius 1 is 1.00 bits per heavy atom. The third-order valence-corrected chi connectivity index (χ3v) is 8.36. The van der Waals surface area contributed by atoms with Gasteiger partial charge in [-0.15, -0.1) is 0 Å². The highest BCUT2D eigenvalue weighted by molar-refractivity contribution is 6.13. The van der Waals surface area contributed by atoms with E-state index < -0.39 is 12.0 Å². The molecule has 0 aliphatic heterocycles. The second-order valence-corrected chi connectivity index (χ2v) is 11.1. The topological polar surface area (TPSA) is 106 Å². The predicted molar refractivity (Wildman–Crippen MR) is 158 cm³/mol. The van der Waals surface area contributed by atoms with Crippen LogP contribution < -0.4 is 10.5 Å². The van der Waals surface area contributed by atoms with Crippen molar-refractivity contribution in [1.29, 1.82) is 0 Å². The van der Waals surface area contributed by atoms with E-state index in [-0.39, 0.29) is 11.7 Å². The van der Waals surface area contributed by atoms with Crippen molar-refractivity contribution in [2.45, 2.75) is 57.8 Å². The van der Waals surface area contributed by atoms with Gasteiger partial charge in [-0.05, 0) is 67.7 Å². The molecule has 0 radical (unpaired) electrons. The molecule has 4 aromatic rings. The number of aliphatic hydroxyl groups excluding tert-OH is 2. The number of nitrogens with zero attached hydrogens (tertiary/aromatic N) is 1. The summed E-state index contributed by atoms with van der Waals surface area (Å²) >= 11 is 0. The summed E-state index contributed by atoms with van der Waals surface area (Å²) in [6.45, 7) is 1.94. The molecule has 6 heteroatoms. The molecule has 0 saturated heterocycles. The maximum absolute atomic E-state index is 13.0. The fourth-order valence-electron chi connectivity index (χ4n) is 6.06. The van der Waals surface area contributed by atoms with Gasteiger partial charge in [-0.3, -0.25) is 10.5 Å². The number of fused-ring (bicyclic) bond motifs is 1. The molecule has 0 spiro atoms. The number of ketones is 1. The Hall–Kier alpha value is -3.58. The number of aryl methyl sites for hydroxylation is 2. The molecule has 0 amide bonds. The third-order valence-electron chi connectivity index (χ3n) is 8.36. The molecule has 1 saturated carbocycles. The van der Waals surface area contributed by atoms with Gasteiger partial charge >= 0.3 is 0 Å². The molecule has 40 heavy (non-hydrogen) atoms. The van der Waals surface area contributed by atoms with E-state index in [4.69, 9.17) is 15.5 Å². The Balaban J connectivity index is 1.28. The highest BCUT2D eigenvalue weighted by Crippen LogP contribution is 2.39. The van der Waals surface area contributed by atoms with Crippen molar-refractivity contribution in [3.63, 3.8) is 0 Å². The Morgan fingerprint density at radius 2 is 1.70 bits per heavy atom. The lowest BCUT2D eigenvalue weighted by Gasteiger charge is -2.31. The Bertz CT molecular complexity index is 1460. The molecule has 2 atom stereocenters. The van der Waals surface area contributed by atoms with Gasteiger partial charge < -0.3 is 14.9 Å². The van der Waals surface area contributed by atoms with E-state index in [0.717, 1.165) is 55.2 Å². The molecular formula is C34H38N2O4. The molecule has 3 aromatic carbocycles. The quantitative estimate of drug-likeness (QED) is 0.174. The third kappa shape index (κ3) is 5.94. The smallest absolute Gasteiger partial charge is 0.210 e. The Kier molecular flexibility index (Phi) is 8.60. The molecule has 1 aliphatic rings. The van der Waals surface area contributed by atoms with E-state index in [0.29, 0.717) is 34.2 Å². The van der Waals surface area contributed by atoms with Crippen LogP contribution in [0.1, 0.15) is 65.3 Å². The van der Waals surface area contributed by atoms with Gasteiger partial charge in [-0.25, -0.2) is 4.98 Å². The van der Waals surface area contributed by atoms with Gasteiger partial charge in [0.05, 0.1) is 24.3 Å². The molecule has 1 aromatic heterocycles. The number of carbonyl (C=O) groups excluding carboxylic acids is 1. The van der Waals surface area contributed by atoms with Gasteiger partial charge in [0.15, 0.2) is 12.0 Å². The van der Waals surface area contributed by atoms with Crippen molar-refractivity contribution in [3.8, 4) is 17.0 Å². The van der Waals surface area contributed by atoms with Gasteiger partial charge in [-0.2, -0.15) is 0 Å². The Labute approximate surface area is 235 Å². The zero-order chi connectivity index (χ0) is 28.2. The van der Waals surface area contributed by atoms with Crippen LogP contribution >= 0.6 is 0 Å². The van der Waals surface area contributed by atoms with E-state index in [9.17, 15) is 15.0 Å². The largest absolute Gasteiger partial charge is 0.494 e. The highest BCUT2D eigenvalue weighted by atomic mass is 16.5. The molecule has 6 nitrogen and oxygen atoms in total. The minimum absolute atomic E-state index is 0.248. The Morgan fingerprint density at radius 3 is 2.35 bits per heavy atom. The molecule has 1 aliphatic carbocycles. The fraction of sp³-hybridized carbons (Fsp3) is 0.353. The van der Waals surface area contributed by atoms with Crippen molar-refractivity contribution in [2.75, 3.05) is 7.11 Å². The van der Waals surface area contributed by atoms with E-state index in [1.165, 1.54) is 12.7 Å². The second-order valence-electron chi connectivity index (χ2n) is 11.1. The highest BCUT2D eigenvalue weighted by Gasteiger charge is 2.28. The van der Waals surface area contributed by atoms with E-state index in [1.807, 2.05) is 67.6 Å². The first-order chi connectivity index (χ1) is 19.4. The first kappa shape index (κ1) is 28.0. The summed E-state index contributed by atoms with van der Waals surface area (Å²) in [5.41, 5.74) is 11.1. The SMILES string of the molecule is COc1c(-c2ccc(CCC3CCC(C(O)c4ccccc4)CC3)cc2)nc2ccc(C)cc2c1C(=O)C(N)O. The molecular weight excluding hydrogens is 500 g/mol. The van der Waals surface area contributed by atoms with Crippen molar-refractivity contribution < 1.29 is 19.7 Å². The standard InChI is InChI=1S/C34H38N2O4/c1-21-8-19-28-27(20-21)29(32(38)34(35)39)33(40-2)30(36-28)24-15-11-22(12-16-24)9-10-23-13-17-26(18-14-23)31(37)25-6-4-3-5-7-25/h3-8,11-12,15-16,19-20,23,26,31,34,37,39H,9-10,13-14,17-18,35H2,1-2H3. The first-order valence-electron chi connectivity index (χ1n) is 14.1. The summed E-state index contributed by atoms with van der Waals surface area (Å²) < 4.78 is 5.69. The number of hydrogen-bond acceptors (Lipinski definition) is 6. The monoisotopic (exact) mass is 538 g/mol. The van der Waals surface area contributed by atoms with Crippen molar-refractivity contribution in [2.24, 2.45) is 17.6 Å². The van der Waals surface area contributed by atoms with E-state index in [2.05, 4.69) is 12.1 Å². The molecule has 2 unspecified atom stereocenters. The average Bonchev–Trinajstić information content (AvgIpc) is 2.99. The van der Waals surface area contributed by atoms with Crippen molar-refractivity contribution in [1.82, 2.24) is 4.98 Å². The normalized spacial score (nSPS) is 18.8. The number of rotatable bonds is 9. The number of benzene rings is 3. The number of carbonyl (C=O) groups is 1.